The van der Waals surface area contributed by atoms with Gasteiger partial charge in [0.15, 0.2) is 5.69 Å². The van der Waals surface area contributed by atoms with Crippen LogP contribution in [0.25, 0.3) is 0 Å². The molecule has 0 aromatic heterocycles. The van der Waals surface area contributed by atoms with E-state index in [4.69, 9.17) is 16.9 Å². The molecule has 0 saturated heterocycles. The third-order valence-electron chi connectivity index (χ3n) is 3.53. The molecule has 19 heavy (non-hydrogen) atoms. The van der Waals surface area contributed by atoms with Crippen molar-refractivity contribution >= 4 is 17.7 Å². The molecule has 0 aliphatic heterocycles. The first-order chi connectivity index (χ1) is 8.78. The maximum absolute atomic E-state index is 12.0. The number of benzene rings is 1. The van der Waals surface area contributed by atoms with Gasteiger partial charge >= 0.3 is 12.0 Å². The molecule has 2 amide bonds. The molecule has 1 aromatic carbocycles. The first kappa shape index (κ1) is 15.2. The number of para-hydroxylation sites is 1. The molecule has 1 atom stereocenters. The zero-order valence-electron chi connectivity index (χ0n) is 12.0. The maximum Gasteiger partial charge on any atom is 0.426 e. The lowest BCUT2D eigenvalue weighted by molar-refractivity contribution is 0.230. The van der Waals surface area contributed by atoms with Crippen LogP contribution in [0.2, 0.25) is 0 Å². The van der Waals surface area contributed by atoms with Crippen molar-refractivity contribution in [3.63, 3.8) is 0 Å². The van der Waals surface area contributed by atoms with Crippen LogP contribution in [0.4, 0.5) is 10.5 Å². The number of nitrogens with zero attached hydrogens (tertiary/aromatic N) is 1. The maximum atomic E-state index is 12.0. The largest absolute Gasteiger partial charge is 0.426 e. The van der Waals surface area contributed by atoms with E-state index in [2.05, 4.69) is 0 Å². The number of primary amides is 1. The number of amides is 2. The van der Waals surface area contributed by atoms with E-state index in [-0.39, 0.29) is 11.9 Å². The Balaban J connectivity index is 3.74. The van der Waals surface area contributed by atoms with Crippen molar-refractivity contribution < 1.29 is 4.79 Å². The highest BCUT2D eigenvalue weighted by Crippen LogP contribution is 2.35. The molecule has 5 nitrogen and oxygen atoms in total. The Labute approximate surface area is 114 Å². The summed E-state index contributed by atoms with van der Waals surface area (Å²) in [6, 6.07) is 5.20. The van der Waals surface area contributed by atoms with Gasteiger partial charge in [0.1, 0.15) is 0 Å². The molecule has 0 aliphatic rings. The zero-order chi connectivity index (χ0) is 14.8. The van der Waals surface area contributed by atoms with Crippen molar-refractivity contribution in [2.24, 2.45) is 11.5 Å². The molecule has 0 bridgehead atoms. The van der Waals surface area contributed by atoms with Gasteiger partial charge in [0.2, 0.25) is 0 Å². The number of aryl methyl sites for hydroxylation is 1. The Kier molecular flexibility index (Phi) is 4.32. The van der Waals surface area contributed by atoms with E-state index in [1.807, 2.05) is 45.9 Å². The normalized spacial score (nSPS) is 14.2. The average molecular weight is 263 g/mol. The molecule has 0 aliphatic carbocycles. The monoisotopic (exact) mass is 263 g/mol. The lowest BCUT2D eigenvalue weighted by Gasteiger charge is -2.33. The predicted molar refractivity (Wildman–Crippen MR) is 79.1 cm³/mol. The van der Waals surface area contributed by atoms with Gasteiger partial charge in [-0.05, 0) is 19.8 Å². The Morgan fingerprint density at radius 2 is 1.95 bits per heavy atom. The molecular weight excluding hydrogens is 240 g/mol. The first-order valence-corrected chi connectivity index (χ1v) is 6.41. The number of hydrogen-bond acceptors (Lipinski definition) is 2. The van der Waals surface area contributed by atoms with Crippen LogP contribution in [0.5, 0.6) is 0 Å². The molecule has 0 heterocycles. The summed E-state index contributed by atoms with van der Waals surface area (Å²) >= 11 is 0. The highest BCUT2D eigenvalue weighted by molar-refractivity contribution is 6.08. The number of guanidine groups is 1. The van der Waals surface area contributed by atoms with E-state index in [0.717, 1.165) is 16.8 Å². The molecule has 5 heteroatoms. The second-order valence-electron chi connectivity index (χ2n) is 5.02. The summed E-state index contributed by atoms with van der Waals surface area (Å²) in [6.45, 7) is 8.14. The summed E-state index contributed by atoms with van der Waals surface area (Å²) in [5, 5.41) is 7.85. The minimum absolute atomic E-state index is 0.220. The minimum atomic E-state index is -0.619. The van der Waals surface area contributed by atoms with Gasteiger partial charge in [0.05, 0.1) is 6.54 Å². The number of urea groups is 1. The van der Waals surface area contributed by atoms with Gasteiger partial charge < -0.3 is 11.5 Å². The molecule has 1 rings (SSSR count). The van der Waals surface area contributed by atoms with Crippen LogP contribution in [-0.4, -0.2) is 18.5 Å². The lowest BCUT2D eigenvalue weighted by atomic mass is 9.96. The molecule has 104 valence electrons. The van der Waals surface area contributed by atoms with E-state index in [0.29, 0.717) is 6.54 Å². The molecule has 0 fully saturated rings. The Morgan fingerprint density at radius 1 is 1.37 bits per heavy atom. The number of nitrogens with two attached hydrogens (primary N) is 2. The molecule has 1 unspecified atom stereocenters. The zero-order valence-corrected chi connectivity index (χ0v) is 12.0. The molecule has 1 aromatic rings. The number of carbonyl (C=O) groups excluding carboxylic acids is 1. The van der Waals surface area contributed by atoms with Gasteiger partial charge in [0.25, 0.3) is 0 Å². The van der Waals surface area contributed by atoms with Crippen molar-refractivity contribution in [3.05, 3.63) is 29.3 Å². The Bertz CT molecular complexity index is 494. The van der Waals surface area contributed by atoms with Crippen LogP contribution < -0.4 is 16.0 Å². The third-order valence-corrected chi connectivity index (χ3v) is 3.53. The predicted octanol–water partition coefficient (Wildman–Crippen LogP) is 2.42. The van der Waals surface area contributed by atoms with Gasteiger partial charge in [0, 0.05) is 11.1 Å². The summed E-state index contributed by atoms with van der Waals surface area (Å²) in [6.07, 6.45) is 0. The number of hydrogen-bond donors (Lipinski definition) is 3. The summed E-state index contributed by atoms with van der Waals surface area (Å²) in [7, 11) is 0. The lowest BCUT2D eigenvalue weighted by Crippen LogP contribution is -2.64. The number of carbonyl (C=O) groups is 1. The van der Waals surface area contributed by atoms with E-state index in [1.165, 1.54) is 0 Å². The topological polar surface area (TPSA) is 93.0 Å². The fourth-order valence-electron chi connectivity index (χ4n) is 2.50. The highest BCUT2D eigenvalue weighted by atomic mass is 16.2. The number of nitrogens with one attached hydrogen (secondary N) is 1. The minimum Gasteiger partial charge on any atom is -0.337 e. The number of quaternary nitrogens is 1. The van der Waals surface area contributed by atoms with Crippen molar-refractivity contribution in [1.82, 2.24) is 4.48 Å². The quantitative estimate of drug-likeness (QED) is 0.444. The van der Waals surface area contributed by atoms with Gasteiger partial charge in [-0.25, -0.2) is 10.2 Å². The molecule has 5 N–H and O–H groups in total. The van der Waals surface area contributed by atoms with Crippen LogP contribution in [0.15, 0.2) is 18.2 Å². The SMILES string of the molecule is CC[N+](C(=N)N)(C(N)=O)c1c(C)cccc1C(C)C. The summed E-state index contributed by atoms with van der Waals surface area (Å²) in [4.78, 5) is 12.0. The van der Waals surface area contributed by atoms with Crippen molar-refractivity contribution in [2.45, 2.75) is 33.6 Å². The Morgan fingerprint density at radius 3 is 2.32 bits per heavy atom. The van der Waals surface area contributed by atoms with E-state index in [1.54, 1.807) is 0 Å². The van der Waals surface area contributed by atoms with Crippen LogP contribution in [0.3, 0.4) is 0 Å². The molecular formula is C14H23N4O+. The summed E-state index contributed by atoms with van der Waals surface area (Å²) < 4.78 is -0.416. The van der Waals surface area contributed by atoms with E-state index >= 15 is 0 Å². The number of rotatable bonds is 3. The summed E-state index contributed by atoms with van der Waals surface area (Å²) in [5.41, 5.74) is 13.9. The average Bonchev–Trinajstić information content (AvgIpc) is 2.31. The van der Waals surface area contributed by atoms with Gasteiger partial charge in [-0.15, -0.1) is 4.48 Å². The van der Waals surface area contributed by atoms with Crippen molar-refractivity contribution in [1.29, 1.82) is 5.41 Å². The standard InChI is InChI=1S/C14H22N4O/c1-5-18(13(15)16,14(17)19)12-10(4)7-6-8-11(12)9(2)3/h6-9H,5H2,1-4H3,(H4-,15,16,17,19)/p+1. The second-order valence-corrected chi connectivity index (χ2v) is 5.02. The van der Waals surface area contributed by atoms with E-state index < -0.39 is 10.5 Å². The van der Waals surface area contributed by atoms with Gasteiger partial charge in [-0.2, -0.15) is 0 Å². The van der Waals surface area contributed by atoms with Gasteiger partial charge in [-0.1, -0.05) is 32.0 Å². The third kappa shape index (κ3) is 2.33. The van der Waals surface area contributed by atoms with Crippen LogP contribution in [0.1, 0.15) is 37.8 Å². The van der Waals surface area contributed by atoms with Crippen LogP contribution in [0, 0.1) is 12.3 Å². The fourth-order valence-corrected chi connectivity index (χ4v) is 2.50. The van der Waals surface area contributed by atoms with Crippen molar-refractivity contribution in [2.75, 3.05) is 6.54 Å². The first-order valence-electron chi connectivity index (χ1n) is 6.41. The fraction of sp³-hybridized carbons (Fsp3) is 0.429. The van der Waals surface area contributed by atoms with Crippen LogP contribution in [-0.2, 0) is 0 Å². The van der Waals surface area contributed by atoms with Crippen LogP contribution >= 0.6 is 0 Å². The molecule has 0 saturated carbocycles. The second kappa shape index (κ2) is 5.40. The Hall–Kier alpha value is -1.88. The van der Waals surface area contributed by atoms with E-state index in [9.17, 15) is 4.79 Å². The smallest absolute Gasteiger partial charge is 0.337 e. The molecule has 0 radical (unpaired) electrons. The summed E-state index contributed by atoms with van der Waals surface area (Å²) in [5.74, 6) is -0.0242. The molecule has 0 spiro atoms. The van der Waals surface area contributed by atoms with Gasteiger partial charge in [-0.3, -0.25) is 0 Å². The van der Waals surface area contributed by atoms with Crippen molar-refractivity contribution in [3.8, 4) is 0 Å². The highest BCUT2D eigenvalue weighted by Gasteiger charge is 2.43.